The lowest BCUT2D eigenvalue weighted by atomic mass is 10.2. The fraction of sp³-hybridized carbons (Fsp3) is 0.353. The number of halogens is 4. The maximum Gasteiger partial charge on any atom is 0.268 e. The number of aromatic nitrogens is 1. The van der Waals surface area contributed by atoms with Gasteiger partial charge in [0, 0.05) is 25.2 Å². The second-order valence-electron chi connectivity index (χ2n) is 6.64. The van der Waals surface area contributed by atoms with E-state index in [9.17, 15) is 21.6 Å². The van der Waals surface area contributed by atoms with Gasteiger partial charge in [0.05, 0.1) is 5.69 Å². The molecule has 0 saturated carbocycles. The molecule has 152 valence electrons. The summed E-state index contributed by atoms with van der Waals surface area (Å²) in [6, 6.07) is 4.44. The number of likely N-dealkylation sites (N-methyl/N-ethyl adjacent to an activating group) is 1. The first-order valence-corrected chi connectivity index (χ1v) is 10.2. The van der Waals surface area contributed by atoms with Crippen molar-refractivity contribution in [3.63, 3.8) is 0 Å². The third kappa shape index (κ3) is 4.03. The third-order valence-corrected chi connectivity index (χ3v) is 6.30. The predicted molar refractivity (Wildman–Crippen MR) is 101 cm³/mol. The molecule has 1 N–H and O–H groups in total. The molecule has 0 amide bonds. The van der Waals surface area contributed by atoms with Crippen LogP contribution in [0.15, 0.2) is 29.2 Å². The standard InChI is InChI=1S/C17H18ClF3N4O2S/c1-24(2)10-6-7-25(9-10)12-8-11(19)17(16(21)15(12)18)28(26,27)23-14-5-3-4-13(20)22-14/h3-5,8,10H,6-7,9H2,1-2H3,(H,22,23)/t10-/m1/s1. The molecule has 1 aromatic carbocycles. The minimum atomic E-state index is -4.72. The van der Waals surface area contributed by atoms with Gasteiger partial charge in [-0.05, 0) is 32.6 Å². The van der Waals surface area contributed by atoms with Crippen LogP contribution in [0, 0.1) is 17.6 Å². The lowest BCUT2D eigenvalue weighted by Gasteiger charge is -2.23. The number of benzene rings is 1. The maximum absolute atomic E-state index is 14.8. The summed E-state index contributed by atoms with van der Waals surface area (Å²) < 4.78 is 69.3. The first-order valence-electron chi connectivity index (χ1n) is 8.34. The van der Waals surface area contributed by atoms with E-state index in [2.05, 4.69) is 4.98 Å². The minimum Gasteiger partial charge on any atom is -0.369 e. The molecule has 28 heavy (non-hydrogen) atoms. The second-order valence-corrected chi connectivity index (χ2v) is 8.63. The largest absolute Gasteiger partial charge is 0.369 e. The van der Waals surface area contributed by atoms with Gasteiger partial charge >= 0.3 is 0 Å². The zero-order chi connectivity index (χ0) is 20.6. The molecule has 6 nitrogen and oxygen atoms in total. The van der Waals surface area contributed by atoms with Crippen LogP contribution in [0.3, 0.4) is 0 Å². The van der Waals surface area contributed by atoms with Gasteiger partial charge in [-0.25, -0.2) is 22.2 Å². The molecular weight excluding hydrogens is 417 g/mol. The number of hydrogen-bond acceptors (Lipinski definition) is 5. The van der Waals surface area contributed by atoms with E-state index in [1.165, 1.54) is 6.07 Å². The van der Waals surface area contributed by atoms with Crippen LogP contribution in [0.25, 0.3) is 0 Å². The Hall–Kier alpha value is -2.04. The third-order valence-electron chi connectivity index (χ3n) is 4.55. The van der Waals surface area contributed by atoms with Gasteiger partial charge in [0.2, 0.25) is 5.95 Å². The van der Waals surface area contributed by atoms with E-state index in [4.69, 9.17) is 11.6 Å². The van der Waals surface area contributed by atoms with Crippen molar-refractivity contribution in [1.29, 1.82) is 0 Å². The minimum absolute atomic E-state index is 0.0869. The Morgan fingerprint density at radius 2 is 2.00 bits per heavy atom. The van der Waals surface area contributed by atoms with E-state index in [0.717, 1.165) is 24.6 Å². The molecule has 1 aliphatic heterocycles. The van der Waals surface area contributed by atoms with E-state index in [1.54, 1.807) is 4.90 Å². The van der Waals surface area contributed by atoms with Gasteiger partial charge in [-0.2, -0.15) is 4.39 Å². The number of pyridine rings is 1. The summed E-state index contributed by atoms with van der Waals surface area (Å²) in [4.78, 5) is 5.78. The molecule has 1 fully saturated rings. The quantitative estimate of drug-likeness (QED) is 0.578. The molecule has 0 radical (unpaired) electrons. The van der Waals surface area contributed by atoms with Crippen LogP contribution < -0.4 is 9.62 Å². The molecular formula is C17H18ClF3N4O2S. The summed E-state index contributed by atoms with van der Waals surface area (Å²) in [6.07, 6.45) is 0.777. The van der Waals surface area contributed by atoms with Crippen molar-refractivity contribution in [2.24, 2.45) is 0 Å². The van der Waals surface area contributed by atoms with Crippen LogP contribution >= 0.6 is 11.6 Å². The second kappa shape index (κ2) is 7.76. The van der Waals surface area contributed by atoms with Crippen molar-refractivity contribution in [1.82, 2.24) is 9.88 Å². The van der Waals surface area contributed by atoms with Crippen molar-refractivity contribution < 1.29 is 21.6 Å². The number of anilines is 2. The molecule has 1 atom stereocenters. The van der Waals surface area contributed by atoms with E-state index in [-0.39, 0.29) is 11.7 Å². The highest BCUT2D eigenvalue weighted by molar-refractivity contribution is 7.92. The summed E-state index contributed by atoms with van der Waals surface area (Å²) in [7, 11) is -0.916. The topological polar surface area (TPSA) is 65.5 Å². The summed E-state index contributed by atoms with van der Waals surface area (Å²) in [5, 5.41) is -0.492. The average Bonchev–Trinajstić information content (AvgIpc) is 3.07. The molecule has 2 heterocycles. The van der Waals surface area contributed by atoms with Crippen LogP contribution in [-0.2, 0) is 10.0 Å². The van der Waals surface area contributed by atoms with E-state index < -0.39 is 43.3 Å². The van der Waals surface area contributed by atoms with Gasteiger partial charge in [0.15, 0.2) is 10.7 Å². The molecule has 1 aromatic heterocycles. The Bertz CT molecular complexity index is 1000. The zero-order valence-electron chi connectivity index (χ0n) is 15.1. The van der Waals surface area contributed by atoms with Crippen molar-refractivity contribution >= 4 is 33.1 Å². The Morgan fingerprint density at radius 3 is 2.61 bits per heavy atom. The lowest BCUT2D eigenvalue weighted by molar-refractivity contribution is 0.315. The Balaban J connectivity index is 1.96. The molecule has 2 aromatic rings. The molecule has 11 heteroatoms. The van der Waals surface area contributed by atoms with Crippen molar-refractivity contribution in [2.75, 3.05) is 36.8 Å². The summed E-state index contributed by atoms with van der Waals surface area (Å²) in [6.45, 7) is 1.03. The summed E-state index contributed by atoms with van der Waals surface area (Å²) in [5.41, 5.74) is 0.0869. The Labute approximate surface area is 166 Å². The van der Waals surface area contributed by atoms with Crippen LogP contribution in [0.2, 0.25) is 5.02 Å². The van der Waals surface area contributed by atoms with Crippen molar-refractivity contribution in [2.45, 2.75) is 17.4 Å². The van der Waals surface area contributed by atoms with Crippen LogP contribution in [0.1, 0.15) is 6.42 Å². The van der Waals surface area contributed by atoms with Gasteiger partial charge in [-0.3, -0.25) is 4.72 Å². The van der Waals surface area contributed by atoms with Crippen molar-refractivity contribution in [3.05, 3.63) is 46.9 Å². The molecule has 1 saturated heterocycles. The maximum atomic E-state index is 14.8. The highest BCUT2D eigenvalue weighted by atomic mass is 35.5. The highest BCUT2D eigenvalue weighted by Gasteiger charge is 2.32. The number of nitrogens with zero attached hydrogens (tertiary/aromatic N) is 3. The fourth-order valence-corrected chi connectivity index (χ4v) is 4.55. The van der Waals surface area contributed by atoms with E-state index >= 15 is 0 Å². The first-order chi connectivity index (χ1) is 13.1. The first kappa shape index (κ1) is 20.7. The number of nitrogens with one attached hydrogen (secondary N) is 1. The zero-order valence-corrected chi connectivity index (χ0v) is 16.7. The van der Waals surface area contributed by atoms with Crippen LogP contribution in [-0.4, -0.2) is 51.5 Å². The predicted octanol–water partition coefficient (Wildman–Crippen LogP) is 3.09. The summed E-state index contributed by atoms with van der Waals surface area (Å²) >= 11 is 6.05. The SMILES string of the molecule is CN(C)[C@@H]1CCN(c2cc(F)c(S(=O)(=O)Nc3cccc(F)n3)c(F)c2Cl)C1. The van der Waals surface area contributed by atoms with Gasteiger partial charge in [0.25, 0.3) is 10.0 Å². The number of sulfonamides is 1. The molecule has 0 bridgehead atoms. The van der Waals surface area contributed by atoms with Gasteiger partial charge in [-0.15, -0.1) is 0 Å². The van der Waals surface area contributed by atoms with Gasteiger partial charge in [0.1, 0.15) is 16.7 Å². The molecule has 0 aliphatic carbocycles. The molecule has 3 rings (SSSR count). The van der Waals surface area contributed by atoms with Crippen molar-refractivity contribution in [3.8, 4) is 0 Å². The molecule has 1 aliphatic rings. The van der Waals surface area contributed by atoms with Crippen LogP contribution in [0.4, 0.5) is 24.7 Å². The summed E-state index contributed by atoms with van der Waals surface area (Å²) in [5.74, 6) is -4.06. The Kier molecular flexibility index (Phi) is 5.74. The highest BCUT2D eigenvalue weighted by Crippen LogP contribution is 2.37. The van der Waals surface area contributed by atoms with Gasteiger partial charge in [-0.1, -0.05) is 17.7 Å². The smallest absolute Gasteiger partial charge is 0.268 e. The number of rotatable bonds is 5. The van der Waals surface area contributed by atoms with E-state index in [0.29, 0.717) is 13.1 Å². The number of hydrogen-bond donors (Lipinski definition) is 1. The van der Waals surface area contributed by atoms with Crippen LogP contribution in [0.5, 0.6) is 0 Å². The molecule has 0 spiro atoms. The Morgan fingerprint density at radius 1 is 1.29 bits per heavy atom. The monoisotopic (exact) mass is 434 g/mol. The normalized spacial score (nSPS) is 17.4. The van der Waals surface area contributed by atoms with Gasteiger partial charge < -0.3 is 9.80 Å². The average molecular weight is 435 g/mol. The lowest BCUT2D eigenvalue weighted by Crippen LogP contribution is -2.31. The van der Waals surface area contributed by atoms with E-state index in [1.807, 2.05) is 23.7 Å². The molecule has 0 unspecified atom stereocenters. The fourth-order valence-electron chi connectivity index (χ4n) is 3.08.